The molecule has 0 aliphatic rings. The molecule has 0 fully saturated rings. The summed E-state index contributed by atoms with van der Waals surface area (Å²) in [7, 11) is -4.16. The second kappa shape index (κ2) is 10.4. The predicted molar refractivity (Wildman–Crippen MR) is 132 cm³/mol. The Morgan fingerprint density at radius 1 is 0.842 bits per heavy atom. The quantitative estimate of drug-likeness (QED) is 0.147. The Kier molecular flexibility index (Phi) is 7.26. The average molecular weight is 546 g/mol. The molecule has 4 rings (SSSR count). The fourth-order valence-electron chi connectivity index (χ4n) is 3.40. The molecule has 0 saturated carbocycles. The van der Waals surface area contributed by atoms with Crippen LogP contribution in [-0.4, -0.2) is 25.8 Å². The van der Waals surface area contributed by atoms with Gasteiger partial charge in [-0.25, -0.2) is 12.8 Å². The van der Waals surface area contributed by atoms with Gasteiger partial charge in [-0.15, -0.1) is 13.2 Å². The van der Waals surface area contributed by atoms with Gasteiger partial charge in [0, 0.05) is 11.3 Å². The second-order valence-corrected chi connectivity index (χ2v) is 9.58. The summed E-state index contributed by atoms with van der Waals surface area (Å²) < 4.78 is 81.8. The minimum absolute atomic E-state index is 0.158. The number of phenols is 1. The van der Waals surface area contributed by atoms with Gasteiger partial charge in [0.15, 0.2) is 0 Å². The van der Waals surface area contributed by atoms with E-state index in [-0.39, 0.29) is 27.6 Å². The molecule has 0 heterocycles. The molecule has 0 radical (unpaired) electrons. The third-order valence-electron chi connectivity index (χ3n) is 5.17. The Hall–Kier alpha value is -4.58. The number of amides is 1. The van der Waals surface area contributed by atoms with Crippen LogP contribution in [-0.2, 0) is 10.0 Å². The summed E-state index contributed by atoms with van der Waals surface area (Å²) in [4.78, 5) is 12.5. The maximum absolute atomic E-state index is 13.1. The number of hydrogen-bond acceptors (Lipinski definition) is 5. The normalized spacial score (nSPS) is 11.6. The van der Waals surface area contributed by atoms with Crippen molar-refractivity contribution in [1.29, 1.82) is 0 Å². The first kappa shape index (κ1) is 26.5. The first-order valence-corrected chi connectivity index (χ1v) is 12.3. The van der Waals surface area contributed by atoms with Crippen molar-refractivity contribution in [3.63, 3.8) is 0 Å². The van der Waals surface area contributed by atoms with Crippen molar-refractivity contribution in [2.45, 2.75) is 11.3 Å². The largest absolute Gasteiger partial charge is 0.573 e. The molecule has 0 atom stereocenters. The lowest BCUT2D eigenvalue weighted by Crippen LogP contribution is -2.17. The Morgan fingerprint density at radius 3 is 2.18 bits per heavy atom. The smallest absolute Gasteiger partial charge is 0.506 e. The summed E-state index contributed by atoms with van der Waals surface area (Å²) in [5.41, 5.74) is 1.12. The van der Waals surface area contributed by atoms with Crippen LogP contribution in [0.2, 0.25) is 0 Å². The highest BCUT2D eigenvalue weighted by atomic mass is 32.2. The molecule has 4 aromatic carbocycles. The number of anilines is 2. The highest BCUT2D eigenvalue weighted by Gasteiger charge is 2.31. The van der Waals surface area contributed by atoms with E-state index in [1.54, 1.807) is 18.2 Å². The van der Waals surface area contributed by atoms with E-state index in [0.29, 0.717) is 11.1 Å². The summed E-state index contributed by atoms with van der Waals surface area (Å²) in [5.74, 6) is -1.97. The molecular weight excluding hydrogens is 528 g/mol. The Morgan fingerprint density at radius 2 is 1.53 bits per heavy atom. The number of rotatable bonds is 7. The molecule has 0 aliphatic carbocycles. The molecule has 38 heavy (non-hydrogen) atoms. The Bertz CT molecular complexity index is 1570. The number of nitrogens with one attached hydrogen (secondary N) is 2. The van der Waals surface area contributed by atoms with Crippen molar-refractivity contribution in [3.05, 3.63) is 102 Å². The van der Waals surface area contributed by atoms with E-state index in [1.165, 1.54) is 48.5 Å². The minimum Gasteiger partial charge on any atom is -0.506 e. The van der Waals surface area contributed by atoms with Gasteiger partial charge in [-0.2, -0.15) is 0 Å². The fraction of sp³-hybridized carbons (Fsp3) is 0.0385. The van der Waals surface area contributed by atoms with Crippen molar-refractivity contribution in [2.75, 3.05) is 10.0 Å². The van der Waals surface area contributed by atoms with Crippen molar-refractivity contribution < 1.29 is 40.6 Å². The summed E-state index contributed by atoms with van der Waals surface area (Å²) in [6, 6.07) is 19.2. The molecule has 0 unspecified atom stereocenters. The van der Waals surface area contributed by atoms with Gasteiger partial charge < -0.3 is 15.2 Å². The lowest BCUT2D eigenvalue weighted by molar-refractivity contribution is -0.274. The molecule has 0 aliphatic heterocycles. The molecule has 7 nitrogen and oxygen atoms in total. The number of sulfonamides is 1. The number of phenolic OH excluding ortho intramolecular Hbond substituents is 1. The molecule has 4 aromatic rings. The summed E-state index contributed by atoms with van der Waals surface area (Å²) >= 11 is 0. The van der Waals surface area contributed by atoms with Crippen molar-refractivity contribution in [3.8, 4) is 22.6 Å². The molecule has 0 spiro atoms. The van der Waals surface area contributed by atoms with Crippen LogP contribution in [0, 0.1) is 5.82 Å². The predicted octanol–water partition coefficient (Wildman–Crippen LogP) is 6.15. The molecule has 0 aromatic heterocycles. The minimum atomic E-state index is -4.82. The highest BCUT2D eigenvalue weighted by Crippen LogP contribution is 2.30. The van der Waals surface area contributed by atoms with E-state index in [1.807, 2.05) is 0 Å². The topological polar surface area (TPSA) is 105 Å². The number of ether oxygens (including phenoxy) is 1. The summed E-state index contributed by atoms with van der Waals surface area (Å²) in [6.45, 7) is 0. The van der Waals surface area contributed by atoms with Gasteiger partial charge in [-0.3, -0.25) is 9.52 Å². The number of benzene rings is 4. The van der Waals surface area contributed by atoms with Crippen LogP contribution in [0.1, 0.15) is 10.4 Å². The number of carbonyl (C=O) groups excluding carboxylic acids is 1. The lowest BCUT2D eigenvalue weighted by atomic mass is 10.0. The van der Waals surface area contributed by atoms with Gasteiger partial charge in [0.1, 0.15) is 17.3 Å². The van der Waals surface area contributed by atoms with Crippen LogP contribution in [0.3, 0.4) is 0 Å². The van der Waals surface area contributed by atoms with Crippen LogP contribution in [0.4, 0.5) is 28.9 Å². The van der Waals surface area contributed by atoms with E-state index >= 15 is 0 Å². The third kappa shape index (κ3) is 6.59. The molecule has 3 N–H and O–H groups in total. The van der Waals surface area contributed by atoms with Gasteiger partial charge in [-0.05, 0) is 77.9 Å². The number of aromatic hydroxyl groups is 1. The van der Waals surface area contributed by atoms with Crippen LogP contribution in [0.5, 0.6) is 11.5 Å². The van der Waals surface area contributed by atoms with Gasteiger partial charge in [0.2, 0.25) is 0 Å². The Labute approximate surface area is 214 Å². The maximum Gasteiger partial charge on any atom is 0.573 e. The zero-order valence-electron chi connectivity index (χ0n) is 19.2. The van der Waals surface area contributed by atoms with Crippen molar-refractivity contribution in [1.82, 2.24) is 0 Å². The van der Waals surface area contributed by atoms with Crippen LogP contribution >= 0.6 is 0 Å². The van der Waals surface area contributed by atoms with Gasteiger partial charge in [0.25, 0.3) is 15.9 Å². The van der Waals surface area contributed by atoms with E-state index in [4.69, 9.17) is 0 Å². The summed E-state index contributed by atoms with van der Waals surface area (Å²) in [6.07, 6.45) is -4.82. The van der Waals surface area contributed by atoms with Gasteiger partial charge >= 0.3 is 6.36 Å². The standard InChI is InChI=1S/C26H18F4N2O5S/c27-19-8-11-22(12-9-19)38(35,36)32-23-15-20(10-13-24(23)33)31-25(34)17-6-4-16(5-7-17)18-2-1-3-21(14-18)37-26(28,29)30/h1-15,32-33H,(H,31,34). The first-order chi connectivity index (χ1) is 17.9. The SMILES string of the molecule is O=C(Nc1ccc(O)c(NS(=O)(=O)c2ccc(F)cc2)c1)c1ccc(-c2cccc(OC(F)(F)F)c2)cc1. The fourth-order valence-corrected chi connectivity index (χ4v) is 4.47. The Balaban J connectivity index is 1.48. The van der Waals surface area contributed by atoms with Crippen molar-refractivity contribution >= 4 is 27.3 Å². The first-order valence-electron chi connectivity index (χ1n) is 10.8. The average Bonchev–Trinajstić information content (AvgIpc) is 2.85. The van der Waals surface area contributed by atoms with Gasteiger partial charge in [-0.1, -0.05) is 24.3 Å². The summed E-state index contributed by atoms with van der Waals surface area (Å²) in [5, 5.41) is 12.7. The van der Waals surface area contributed by atoms with Crippen LogP contribution < -0.4 is 14.8 Å². The highest BCUT2D eigenvalue weighted by molar-refractivity contribution is 7.92. The van der Waals surface area contributed by atoms with E-state index < -0.39 is 33.9 Å². The molecule has 196 valence electrons. The number of alkyl halides is 3. The zero-order valence-corrected chi connectivity index (χ0v) is 20.0. The van der Waals surface area contributed by atoms with Crippen LogP contribution in [0.25, 0.3) is 11.1 Å². The van der Waals surface area contributed by atoms with E-state index in [9.17, 15) is 35.9 Å². The number of hydrogen-bond donors (Lipinski definition) is 3. The second-order valence-electron chi connectivity index (χ2n) is 7.90. The number of carbonyl (C=O) groups is 1. The van der Waals surface area contributed by atoms with E-state index in [2.05, 4.69) is 14.8 Å². The van der Waals surface area contributed by atoms with Gasteiger partial charge in [0.05, 0.1) is 10.6 Å². The monoisotopic (exact) mass is 546 g/mol. The molecule has 0 saturated heterocycles. The van der Waals surface area contributed by atoms with E-state index in [0.717, 1.165) is 24.3 Å². The third-order valence-corrected chi connectivity index (χ3v) is 6.55. The van der Waals surface area contributed by atoms with Crippen LogP contribution in [0.15, 0.2) is 95.9 Å². The lowest BCUT2D eigenvalue weighted by Gasteiger charge is -2.12. The molecule has 12 heteroatoms. The molecule has 0 bridgehead atoms. The van der Waals surface area contributed by atoms with Crippen molar-refractivity contribution in [2.24, 2.45) is 0 Å². The molecule has 1 amide bonds. The zero-order chi connectivity index (χ0) is 27.5. The molecular formula is C26H18F4N2O5S. The maximum atomic E-state index is 13.1. The number of halogens is 4.